The number of hydrogen-bond donors (Lipinski definition) is 0. The van der Waals surface area contributed by atoms with E-state index >= 15 is 0 Å². The van der Waals surface area contributed by atoms with Crippen molar-refractivity contribution in [2.75, 3.05) is 0 Å². The van der Waals surface area contributed by atoms with Crippen molar-refractivity contribution >= 4 is 43.6 Å². The summed E-state index contributed by atoms with van der Waals surface area (Å²) in [5, 5.41) is 5.00. The fourth-order valence-corrected chi connectivity index (χ4v) is 7.63. The molecule has 3 aromatic heterocycles. The molecule has 0 aliphatic rings. The van der Waals surface area contributed by atoms with Crippen LogP contribution in [0.2, 0.25) is 0 Å². The normalized spacial score (nSPS) is 11.6. The highest BCUT2D eigenvalue weighted by molar-refractivity contribution is 6.12. The third-order valence-corrected chi connectivity index (χ3v) is 10.0. The molecule has 3 heterocycles. The van der Waals surface area contributed by atoms with Gasteiger partial charge in [-0.25, -0.2) is 0 Å². The SMILES string of the molecule is c1ccc(-c2ccc(-n3c4ccccc4c4cc(-c5ccc6c(c5)c5ccccc5n6-c5ccc(-c6cccnc6)cc5)ccc43)cc2)cc1. The van der Waals surface area contributed by atoms with Crippen molar-refractivity contribution in [3.8, 4) is 44.8 Å². The molecule has 0 spiro atoms. The van der Waals surface area contributed by atoms with E-state index in [4.69, 9.17) is 0 Å². The maximum Gasteiger partial charge on any atom is 0.0541 e. The van der Waals surface area contributed by atoms with Gasteiger partial charge in [0.05, 0.1) is 22.1 Å². The second-order valence-corrected chi connectivity index (χ2v) is 12.9. The first kappa shape index (κ1) is 28.3. The second-order valence-electron chi connectivity index (χ2n) is 12.9. The smallest absolute Gasteiger partial charge is 0.0541 e. The minimum atomic E-state index is 1.12. The second kappa shape index (κ2) is 11.5. The lowest BCUT2D eigenvalue weighted by Gasteiger charge is -2.10. The van der Waals surface area contributed by atoms with E-state index in [9.17, 15) is 0 Å². The predicted molar refractivity (Wildman–Crippen MR) is 209 cm³/mol. The summed E-state index contributed by atoms with van der Waals surface area (Å²) in [5.74, 6) is 0. The zero-order valence-corrected chi connectivity index (χ0v) is 27.2. The van der Waals surface area contributed by atoms with E-state index in [1.54, 1.807) is 0 Å². The van der Waals surface area contributed by atoms with Crippen LogP contribution in [0.4, 0.5) is 0 Å². The molecule has 0 unspecified atom stereocenters. The fourth-order valence-electron chi connectivity index (χ4n) is 7.63. The Morgan fingerprint density at radius 3 is 1.24 bits per heavy atom. The molecule has 0 fully saturated rings. The van der Waals surface area contributed by atoms with Gasteiger partial charge in [-0.1, -0.05) is 109 Å². The zero-order chi connectivity index (χ0) is 33.0. The molecule has 0 atom stereocenters. The summed E-state index contributed by atoms with van der Waals surface area (Å²) >= 11 is 0. The Morgan fingerprint density at radius 2 is 0.720 bits per heavy atom. The number of rotatable bonds is 5. The fraction of sp³-hybridized carbons (Fsp3) is 0. The lowest BCUT2D eigenvalue weighted by atomic mass is 10.0. The molecular formula is C47H31N3. The number of hydrogen-bond acceptors (Lipinski definition) is 1. The van der Waals surface area contributed by atoms with Crippen LogP contribution in [0.15, 0.2) is 188 Å². The van der Waals surface area contributed by atoms with Gasteiger partial charge in [-0.3, -0.25) is 4.98 Å². The highest BCUT2D eigenvalue weighted by Crippen LogP contribution is 2.38. The van der Waals surface area contributed by atoms with Crippen LogP contribution >= 0.6 is 0 Å². The first-order chi connectivity index (χ1) is 24.8. The average molecular weight is 638 g/mol. The van der Waals surface area contributed by atoms with Gasteiger partial charge < -0.3 is 9.13 Å². The lowest BCUT2D eigenvalue weighted by molar-refractivity contribution is 1.18. The van der Waals surface area contributed by atoms with Crippen LogP contribution in [0.5, 0.6) is 0 Å². The largest absolute Gasteiger partial charge is 0.309 e. The van der Waals surface area contributed by atoms with Crippen molar-refractivity contribution in [1.82, 2.24) is 14.1 Å². The Bertz CT molecular complexity index is 2630. The molecule has 0 amide bonds. The molecule has 0 aliphatic carbocycles. The Balaban J connectivity index is 1.08. The molecule has 0 aliphatic heterocycles. The summed E-state index contributed by atoms with van der Waals surface area (Å²) in [6.07, 6.45) is 3.72. The van der Waals surface area contributed by atoms with Crippen LogP contribution in [0, 0.1) is 0 Å². The maximum absolute atomic E-state index is 4.30. The van der Waals surface area contributed by atoms with Crippen molar-refractivity contribution in [3.05, 3.63) is 188 Å². The minimum Gasteiger partial charge on any atom is -0.309 e. The summed E-state index contributed by atoms with van der Waals surface area (Å²) in [4.78, 5) is 4.30. The molecule has 0 saturated carbocycles. The molecule has 0 N–H and O–H groups in total. The number of fused-ring (bicyclic) bond motifs is 6. The van der Waals surface area contributed by atoms with E-state index in [-0.39, 0.29) is 0 Å². The summed E-state index contributed by atoms with van der Waals surface area (Å²) in [6.45, 7) is 0. The van der Waals surface area contributed by atoms with Gasteiger partial charge in [0.1, 0.15) is 0 Å². The van der Waals surface area contributed by atoms with E-state index < -0.39 is 0 Å². The van der Waals surface area contributed by atoms with Crippen LogP contribution in [0.1, 0.15) is 0 Å². The van der Waals surface area contributed by atoms with E-state index in [0.29, 0.717) is 0 Å². The van der Waals surface area contributed by atoms with Gasteiger partial charge in [0.25, 0.3) is 0 Å². The van der Waals surface area contributed by atoms with Crippen molar-refractivity contribution < 1.29 is 0 Å². The standard InChI is InChI=1S/C47H31N3/c1-2-9-32(10-3-1)33-16-22-38(23-17-33)49-44-14-6-4-12-40(44)42-29-35(20-26-46(42)49)36-21-27-47-43(30-36)41-13-5-7-15-45(41)50(47)39-24-18-34(19-25-39)37-11-8-28-48-31-37/h1-31H. The van der Waals surface area contributed by atoms with Crippen LogP contribution in [-0.4, -0.2) is 14.1 Å². The van der Waals surface area contributed by atoms with Gasteiger partial charge >= 0.3 is 0 Å². The molecule has 10 rings (SSSR count). The third kappa shape index (κ3) is 4.56. The highest BCUT2D eigenvalue weighted by atomic mass is 15.0. The van der Waals surface area contributed by atoms with Crippen molar-refractivity contribution in [1.29, 1.82) is 0 Å². The Hall–Kier alpha value is -6.71. The molecule has 50 heavy (non-hydrogen) atoms. The molecule has 234 valence electrons. The quantitative estimate of drug-likeness (QED) is 0.184. The Kier molecular flexibility index (Phi) is 6.49. The van der Waals surface area contributed by atoms with Crippen LogP contribution in [-0.2, 0) is 0 Å². The third-order valence-electron chi connectivity index (χ3n) is 10.0. The highest BCUT2D eigenvalue weighted by Gasteiger charge is 2.16. The topological polar surface area (TPSA) is 22.8 Å². The molecule has 0 saturated heterocycles. The van der Waals surface area contributed by atoms with Gasteiger partial charge in [-0.05, 0) is 100 Å². The molecule has 10 aromatic rings. The number of aromatic nitrogens is 3. The number of pyridine rings is 1. The summed E-state index contributed by atoms with van der Waals surface area (Å²) in [5.41, 5.74) is 14.2. The molecule has 0 bridgehead atoms. The Morgan fingerprint density at radius 1 is 0.300 bits per heavy atom. The van der Waals surface area contributed by atoms with Gasteiger partial charge in [0.2, 0.25) is 0 Å². The first-order valence-corrected chi connectivity index (χ1v) is 17.0. The Labute approximate surface area is 290 Å². The van der Waals surface area contributed by atoms with Crippen molar-refractivity contribution in [3.63, 3.8) is 0 Å². The number of nitrogens with zero attached hydrogens (tertiary/aromatic N) is 3. The van der Waals surface area contributed by atoms with E-state index in [1.807, 2.05) is 18.5 Å². The average Bonchev–Trinajstić information content (AvgIpc) is 3.71. The van der Waals surface area contributed by atoms with Crippen LogP contribution in [0.3, 0.4) is 0 Å². The lowest BCUT2D eigenvalue weighted by Crippen LogP contribution is -1.94. The van der Waals surface area contributed by atoms with Crippen LogP contribution in [0.25, 0.3) is 88.4 Å². The number of para-hydroxylation sites is 2. The predicted octanol–water partition coefficient (Wildman–Crippen LogP) is 12.3. The molecular weight excluding hydrogens is 607 g/mol. The number of benzene rings is 7. The van der Waals surface area contributed by atoms with Gasteiger partial charge in [0.15, 0.2) is 0 Å². The molecule has 0 radical (unpaired) electrons. The summed E-state index contributed by atoms with van der Waals surface area (Å²) in [6, 6.07) is 63.6. The summed E-state index contributed by atoms with van der Waals surface area (Å²) < 4.78 is 4.76. The van der Waals surface area contributed by atoms with Crippen molar-refractivity contribution in [2.24, 2.45) is 0 Å². The monoisotopic (exact) mass is 637 g/mol. The molecule has 3 heteroatoms. The van der Waals surface area contributed by atoms with Gasteiger partial charge in [-0.15, -0.1) is 0 Å². The first-order valence-electron chi connectivity index (χ1n) is 17.0. The molecule has 7 aromatic carbocycles. The minimum absolute atomic E-state index is 1.12. The zero-order valence-electron chi connectivity index (χ0n) is 27.2. The maximum atomic E-state index is 4.30. The van der Waals surface area contributed by atoms with Crippen molar-refractivity contribution in [2.45, 2.75) is 0 Å². The van der Waals surface area contributed by atoms with E-state index in [0.717, 1.165) is 22.5 Å². The van der Waals surface area contributed by atoms with Crippen LogP contribution < -0.4 is 0 Å². The van der Waals surface area contributed by atoms with E-state index in [1.165, 1.54) is 65.9 Å². The van der Waals surface area contributed by atoms with Gasteiger partial charge in [0, 0.05) is 45.3 Å². The molecule has 3 nitrogen and oxygen atoms in total. The summed E-state index contributed by atoms with van der Waals surface area (Å²) in [7, 11) is 0. The van der Waals surface area contributed by atoms with E-state index in [2.05, 4.69) is 184 Å². The van der Waals surface area contributed by atoms with Gasteiger partial charge in [-0.2, -0.15) is 0 Å².